The molecular formula is C10H25NOSi2. The van der Waals surface area contributed by atoms with Crippen molar-refractivity contribution < 1.29 is 5.11 Å². The average molecular weight is 231 g/mol. The lowest BCUT2D eigenvalue weighted by atomic mass is 10.3. The maximum atomic E-state index is 10.2. The van der Waals surface area contributed by atoms with E-state index < -0.39 is 16.3 Å². The molecule has 0 bridgehead atoms. The van der Waals surface area contributed by atoms with Gasteiger partial charge in [0.1, 0.15) is 0 Å². The van der Waals surface area contributed by atoms with E-state index in [1.165, 1.54) is 0 Å². The van der Waals surface area contributed by atoms with Crippen molar-refractivity contribution in [2.45, 2.75) is 58.4 Å². The van der Waals surface area contributed by atoms with Crippen LogP contribution in [0.15, 0.2) is 4.66 Å². The van der Waals surface area contributed by atoms with Crippen LogP contribution in [0.25, 0.3) is 0 Å². The summed E-state index contributed by atoms with van der Waals surface area (Å²) in [6.07, 6.45) is 0.885. The summed E-state index contributed by atoms with van der Waals surface area (Å²) in [4.78, 5) is 0. The summed E-state index contributed by atoms with van der Waals surface area (Å²) >= 11 is 0. The third kappa shape index (κ3) is 5.07. The average Bonchev–Trinajstić information content (AvgIpc) is 1.95. The van der Waals surface area contributed by atoms with Gasteiger partial charge in [-0.15, -0.1) is 0 Å². The number of aliphatic hydroxyl groups is 1. The van der Waals surface area contributed by atoms with Gasteiger partial charge in [0.2, 0.25) is 0 Å². The summed E-state index contributed by atoms with van der Waals surface area (Å²) in [5.41, 5.74) is 0.766. The highest BCUT2D eigenvalue weighted by atomic mass is 28.3. The molecule has 84 valence electrons. The molecule has 0 aliphatic carbocycles. The monoisotopic (exact) mass is 231 g/mol. The van der Waals surface area contributed by atoms with E-state index in [9.17, 15) is 5.11 Å². The summed E-state index contributed by atoms with van der Waals surface area (Å²) in [5, 5.41) is 10.2. The third-order valence-corrected chi connectivity index (χ3v) is 4.91. The van der Waals surface area contributed by atoms with E-state index in [-0.39, 0.29) is 5.73 Å². The van der Waals surface area contributed by atoms with Crippen LogP contribution in [0.4, 0.5) is 0 Å². The Morgan fingerprint density at radius 3 is 1.79 bits per heavy atom. The van der Waals surface area contributed by atoms with Crippen LogP contribution < -0.4 is 0 Å². The Balaban J connectivity index is 4.83. The summed E-state index contributed by atoms with van der Waals surface area (Å²) < 4.78 is 4.73. The predicted octanol–water partition coefficient (Wildman–Crippen LogP) is 2.91. The highest BCUT2D eigenvalue weighted by Crippen LogP contribution is 2.14. The SMILES string of the molecule is CCC(=N[Si](C)(C)C)C(O)[Si](C)(C)C. The van der Waals surface area contributed by atoms with E-state index in [1.807, 2.05) is 0 Å². The maximum Gasteiger partial charge on any atom is 0.172 e. The van der Waals surface area contributed by atoms with Gasteiger partial charge in [0.05, 0.1) is 13.8 Å². The van der Waals surface area contributed by atoms with Gasteiger partial charge in [-0.05, 0) is 26.1 Å². The van der Waals surface area contributed by atoms with Crippen molar-refractivity contribution in [1.82, 2.24) is 0 Å². The van der Waals surface area contributed by atoms with Gasteiger partial charge in [-0.25, -0.2) is 0 Å². The summed E-state index contributed by atoms with van der Waals surface area (Å²) in [7, 11) is -2.93. The quantitative estimate of drug-likeness (QED) is 0.586. The van der Waals surface area contributed by atoms with E-state index in [4.69, 9.17) is 4.66 Å². The zero-order valence-corrected chi connectivity index (χ0v) is 12.7. The van der Waals surface area contributed by atoms with Crippen molar-refractivity contribution in [3.8, 4) is 0 Å². The number of hydrogen-bond acceptors (Lipinski definition) is 2. The van der Waals surface area contributed by atoms with Crippen LogP contribution in [0, 0.1) is 0 Å². The van der Waals surface area contributed by atoms with Crippen molar-refractivity contribution >= 4 is 22.0 Å². The van der Waals surface area contributed by atoms with Gasteiger partial charge >= 0.3 is 0 Å². The first-order valence-electron chi connectivity index (χ1n) is 5.34. The molecule has 0 spiro atoms. The van der Waals surface area contributed by atoms with E-state index >= 15 is 0 Å². The summed E-state index contributed by atoms with van der Waals surface area (Å²) in [5.74, 6) is 0. The molecular weight excluding hydrogens is 206 g/mol. The molecule has 2 nitrogen and oxygen atoms in total. The topological polar surface area (TPSA) is 32.6 Å². The number of aliphatic hydroxyl groups excluding tert-OH is 1. The summed E-state index contributed by atoms with van der Waals surface area (Å²) in [6.45, 7) is 15.3. The van der Waals surface area contributed by atoms with E-state index in [1.54, 1.807) is 0 Å². The molecule has 0 fully saturated rings. The molecule has 0 heterocycles. The second kappa shape index (κ2) is 4.72. The van der Waals surface area contributed by atoms with Gasteiger partial charge in [-0.2, -0.15) is 0 Å². The minimum atomic E-state index is -1.50. The van der Waals surface area contributed by atoms with E-state index in [0.717, 1.165) is 12.1 Å². The molecule has 4 heteroatoms. The Morgan fingerprint density at radius 1 is 1.14 bits per heavy atom. The zero-order valence-electron chi connectivity index (χ0n) is 10.7. The molecule has 1 atom stereocenters. The van der Waals surface area contributed by atoms with E-state index in [0.29, 0.717) is 0 Å². The van der Waals surface area contributed by atoms with Gasteiger partial charge in [0.15, 0.2) is 8.24 Å². The fourth-order valence-corrected chi connectivity index (χ4v) is 3.80. The van der Waals surface area contributed by atoms with Crippen molar-refractivity contribution in [3.63, 3.8) is 0 Å². The van der Waals surface area contributed by atoms with Gasteiger partial charge in [0, 0.05) is 5.71 Å². The van der Waals surface area contributed by atoms with Crippen LogP contribution >= 0.6 is 0 Å². The first kappa shape index (κ1) is 14.1. The highest BCUT2D eigenvalue weighted by molar-refractivity contribution is 6.81. The smallest absolute Gasteiger partial charge is 0.172 e. The fourth-order valence-electron chi connectivity index (χ4n) is 1.26. The Kier molecular flexibility index (Phi) is 4.74. The molecule has 1 unspecified atom stereocenters. The maximum absolute atomic E-state index is 10.2. The molecule has 14 heavy (non-hydrogen) atoms. The van der Waals surface area contributed by atoms with Gasteiger partial charge in [-0.1, -0.05) is 26.6 Å². The largest absolute Gasteiger partial charge is 0.391 e. The second-order valence-electron chi connectivity index (χ2n) is 5.90. The Hall–Kier alpha value is 0.0638. The molecule has 0 rings (SSSR count). The lowest BCUT2D eigenvalue weighted by molar-refractivity contribution is 0.305. The molecule has 0 aliphatic heterocycles. The lowest BCUT2D eigenvalue weighted by Crippen LogP contribution is -2.45. The standard InChI is InChI=1S/C10H25NOSi2/c1-8-9(11-14(5,6)7)10(12)13(2,3)4/h10,12H,8H2,1-7H3. The molecule has 0 saturated carbocycles. The van der Waals surface area contributed by atoms with Gasteiger partial charge in [0.25, 0.3) is 0 Å². The third-order valence-electron chi connectivity index (χ3n) is 1.98. The molecule has 0 saturated heterocycles. The Bertz CT molecular complexity index is 213. The minimum Gasteiger partial charge on any atom is -0.391 e. The van der Waals surface area contributed by atoms with Crippen LogP contribution in [-0.2, 0) is 0 Å². The Labute approximate surface area is 90.6 Å². The van der Waals surface area contributed by atoms with Crippen molar-refractivity contribution in [2.24, 2.45) is 4.66 Å². The van der Waals surface area contributed by atoms with Gasteiger partial charge < -0.3 is 9.76 Å². The van der Waals surface area contributed by atoms with Gasteiger partial charge in [-0.3, -0.25) is 0 Å². The molecule has 0 aliphatic rings. The predicted molar refractivity (Wildman–Crippen MR) is 70.4 cm³/mol. The normalized spacial score (nSPS) is 17.0. The fraction of sp³-hybridized carbons (Fsp3) is 0.900. The molecule has 0 aromatic rings. The highest BCUT2D eigenvalue weighted by Gasteiger charge is 2.29. The number of rotatable bonds is 4. The van der Waals surface area contributed by atoms with Crippen molar-refractivity contribution in [3.05, 3.63) is 0 Å². The van der Waals surface area contributed by atoms with Crippen LogP contribution in [0.5, 0.6) is 0 Å². The zero-order chi connectivity index (χ0) is 11.6. The number of nitrogens with zero attached hydrogens (tertiary/aromatic N) is 1. The molecule has 0 amide bonds. The summed E-state index contributed by atoms with van der Waals surface area (Å²) in [6, 6.07) is 0. The Morgan fingerprint density at radius 2 is 1.57 bits per heavy atom. The van der Waals surface area contributed by atoms with E-state index in [2.05, 4.69) is 46.2 Å². The van der Waals surface area contributed by atoms with Crippen molar-refractivity contribution in [2.75, 3.05) is 0 Å². The van der Waals surface area contributed by atoms with Crippen LogP contribution in [0.2, 0.25) is 39.3 Å². The molecule has 0 radical (unpaired) electrons. The second-order valence-corrected chi connectivity index (χ2v) is 15.7. The first-order chi connectivity index (χ1) is 6.08. The van der Waals surface area contributed by atoms with Crippen LogP contribution in [-0.4, -0.2) is 32.9 Å². The number of hydrogen-bond donors (Lipinski definition) is 1. The van der Waals surface area contributed by atoms with Crippen LogP contribution in [0.3, 0.4) is 0 Å². The minimum absolute atomic E-state index is 0.265. The van der Waals surface area contributed by atoms with Crippen molar-refractivity contribution in [1.29, 1.82) is 0 Å². The first-order valence-corrected chi connectivity index (χ1v) is 12.4. The molecule has 1 N–H and O–H groups in total. The molecule has 0 aromatic carbocycles. The lowest BCUT2D eigenvalue weighted by Gasteiger charge is -2.27. The molecule has 0 aromatic heterocycles. The van der Waals surface area contributed by atoms with Crippen LogP contribution in [0.1, 0.15) is 13.3 Å².